The van der Waals surface area contributed by atoms with Crippen LogP contribution in [0.4, 0.5) is 10.1 Å². The number of fused-ring (bicyclic) bond motifs is 1. The van der Waals surface area contributed by atoms with Crippen LogP contribution < -0.4 is 4.90 Å². The summed E-state index contributed by atoms with van der Waals surface area (Å²) in [5.74, 6) is 0.196. The number of benzene rings is 1. The minimum absolute atomic E-state index is 0.108. The molecule has 1 unspecified atom stereocenters. The van der Waals surface area contributed by atoms with Crippen molar-refractivity contribution in [3.05, 3.63) is 65.2 Å². The number of anilines is 1. The minimum Gasteiger partial charge on any atom is -0.328 e. The Kier molecular flexibility index (Phi) is 6.71. The van der Waals surface area contributed by atoms with E-state index in [0.717, 1.165) is 37.1 Å². The summed E-state index contributed by atoms with van der Waals surface area (Å²) in [6.07, 6.45) is 6.45. The Morgan fingerprint density at radius 1 is 1.17 bits per heavy atom. The lowest BCUT2D eigenvalue weighted by Crippen LogP contribution is -2.41. The van der Waals surface area contributed by atoms with E-state index in [1.165, 1.54) is 6.20 Å². The van der Waals surface area contributed by atoms with Gasteiger partial charge in [0.2, 0.25) is 11.9 Å². The number of piperidine rings is 1. The first kappa shape index (κ1) is 24.3. The zero-order chi connectivity index (χ0) is 25.4. The Morgan fingerprint density at radius 3 is 2.67 bits per heavy atom. The van der Waals surface area contributed by atoms with Crippen LogP contribution in [-0.2, 0) is 11.2 Å². The first-order valence-corrected chi connectivity index (χ1v) is 12.7. The van der Waals surface area contributed by atoms with E-state index in [2.05, 4.69) is 26.9 Å². The summed E-state index contributed by atoms with van der Waals surface area (Å²) in [5.41, 5.74) is 3.47. The van der Waals surface area contributed by atoms with Gasteiger partial charge in [-0.05, 0) is 56.9 Å². The van der Waals surface area contributed by atoms with Crippen LogP contribution in [-0.4, -0.2) is 37.0 Å². The van der Waals surface area contributed by atoms with Gasteiger partial charge in [-0.25, -0.2) is 19.9 Å². The van der Waals surface area contributed by atoms with Crippen molar-refractivity contribution in [2.45, 2.75) is 52.5 Å². The van der Waals surface area contributed by atoms with Gasteiger partial charge < -0.3 is 9.47 Å². The summed E-state index contributed by atoms with van der Waals surface area (Å²) in [6.45, 7) is 6.82. The van der Waals surface area contributed by atoms with Crippen LogP contribution in [0.2, 0.25) is 5.02 Å². The Bertz CT molecular complexity index is 1420. The molecule has 1 amide bonds. The van der Waals surface area contributed by atoms with E-state index < -0.39 is 5.95 Å². The molecule has 4 heterocycles. The van der Waals surface area contributed by atoms with E-state index >= 15 is 0 Å². The molecule has 4 aromatic rings. The molecule has 1 saturated heterocycles. The third kappa shape index (κ3) is 4.57. The number of hydrogen-bond donors (Lipinski definition) is 0. The van der Waals surface area contributed by atoms with Crippen molar-refractivity contribution in [3.8, 4) is 11.4 Å². The summed E-state index contributed by atoms with van der Waals surface area (Å²) in [7, 11) is 0. The first-order valence-electron chi connectivity index (χ1n) is 12.3. The molecule has 0 aliphatic carbocycles. The standard InChI is InChI=1S/C27H28ClFN6O/c1-4-18-6-5-11-34(27(18)36)19-9-7-17(8-10-19)12-23-30-14-20(28)24(33-23)21-13-22-25(26(29)32-21)31-15-35(22)16(2)3/h7-10,13-16,18H,4-6,11-12H2,1-3H3. The second kappa shape index (κ2) is 9.93. The molecule has 1 aliphatic heterocycles. The van der Waals surface area contributed by atoms with Crippen LogP contribution in [0.25, 0.3) is 22.4 Å². The van der Waals surface area contributed by atoms with Crippen LogP contribution in [0.15, 0.2) is 42.9 Å². The number of nitrogens with zero attached hydrogens (tertiary/aromatic N) is 6. The van der Waals surface area contributed by atoms with Crippen molar-refractivity contribution in [3.63, 3.8) is 0 Å². The average molecular weight is 507 g/mol. The number of amides is 1. The number of pyridine rings is 1. The maximum atomic E-state index is 14.8. The SMILES string of the molecule is CCC1CCCN(c2ccc(Cc3ncc(Cl)c(-c4cc5c(ncn5C(C)C)c(F)n4)n3)cc2)C1=O. The molecular formula is C27H28ClFN6O. The molecule has 1 aromatic carbocycles. The van der Waals surface area contributed by atoms with Crippen LogP contribution in [0.3, 0.4) is 0 Å². The van der Waals surface area contributed by atoms with Crippen LogP contribution in [0.5, 0.6) is 0 Å². The fourth-order valence-electron chi connectivity index (χ4n) is 4.76. The number of imidazole rings is 1. The molecule has 0 spiro atoms. The molecule has 36 heavy (non-hydrogen) atoms. The number of hydrogen-bond acceptors (Lipinski definition) is 5. The topological polar surface area (TPSA) is 76.8 Å². The molecule has 0 N–H and O–H groups in total. The highest BCUT2D eigenvalue weighted by Gasteiger charge is 2.28. The molecule has 9 heteroatoms. The van der Waals surface area contributed by atoms with E-state index in [9.17, 15) is 9.18 Å². The van der Waals surface area contributed by atoms with E-state index in [4.69, 9.17) is 11.6 Å². The number of aromatic nitrogens is 5. The van der Waals surface area contributed by atoms with Crippen LogP contribution >= 0.6 is 11.6 Å². The smallest absolute Gasteiger partial charge is 0.241 e. The second-order valence-corrected chi connectivity index (χ2v) is 9.88. The summed E-state index contributed by atoms with van der Waals surface area (Å²) in [5, 5.41) is 0.296. The monoisotopic (exact) mass is 506 g/mol. The second-order valence-electron chi connectivity index (χ2n) is 9.47. The number of carbonyl (C=O) groups is 1. The van der Waals surface area contributed by atoms with Crippen LogP contribution in [0.1, 0.15) is 57.5 Å². The summed E-state index contributed by atoms with van der Waals surface area (Å²) in [6, 6.07) is 9.79. The third-order valence-corrected chi connectivity index (χ3v) is 7.04. The molecule has 1 atom stereocenters. The zero-order valence-electron chi connectivity index (χ0n) is 20.6. The van der Waals surface area contributed by atoms with Gasteiger partial charge in [-0.2, -0.15) is 4.39 Å². The lowest BCUT2D eigenvalue weighted by molar-refractivity contribution is -0.123. The van der Waals surface area contributed by atoms with Gasteiger partial charge in [0.25, 0.3) is 0 Å². The number of rotatable bonds is 6. The van der Waals surface area contributed by atoms with E-state index in [0.29, 0.717) is 34.2 Å². The van der Waals surface area contributed by atoms with Crippen molar-refractivity contribution in [2.24, 2.45) is 5.92 Å². The predicted molar refractivity (Wildman–Crippen MR) is 139 cm³/mol. The molecule has 0 radical (unpaired) electrons. The maximum absolute atomic E-state index is 14.8. The highest BCUT2D eigenvalue weighted by atomic mass is 35.5. The van der Waals surface area contributed by atoms with Gasteiger partial charge in [0, 0.05) is 36.8 Å². The normalized spacial score (nSPS) is 16.3. The molecule has 1 aliphatic rings. The Balaban J connectivity index is 1.41. The summed E-state index contributed by atoms with van der Waals surface area (Å²) in [4.78, 5) is 31.9. The highest BCUT2D eigenvalue weighted by Crippen LogP contribution is 2.30. The molecular weight excluding hydrogens is 479 g/mol. The van der Waals surface area contributed by atoms with Gasteiger partial charge in [0.1, 0.15) is 17.0 Å². The first-order chi connectivity index (χ1) is 17.4. The Morgan fingerprint density at radius 2 is 1.94 bits per heavy atom. The van der Waals surface area contributed by atoms with Gasteiger partial charge in [-0.15, -0.1) is 0 Å². The molecule has 7 nitrogen and oxygen atoms in total. The fraction of sp³-hybridized carbons (Fsp3) is 0.370. The largest absolute Gasteiger partial charge is 0.328 e. The van der Waals surface area contributed by atoms with Crippen molar-refractivity contribution < 1.29 is 9.18 Å². The van der Waals surface area contributed by atoms with E-state index in [1.54, 1.807) is 12.4 Å². The van der Waals surface area contributed by atoms with Crippen molar-refractivity contribution >= 4 is 34.2 Å². The lowest BCUT2D eigenvalue weighted by atomic mass is 9.94. The van der Waals surface area contributed by atoms with Crippen molar-refractivity contribution in [2.75, 3.05) is 11.4 Å². The van der Waals surface area contributed by atoms with Crippen molar-refractivity contribution in [1.82, 2.24) is 24.5 Å². The lowest BCUT2D eigenvalue weighted by Gasteiger charge is -2.32. The summed E-state index contributed by atoms with van der Waals surface area (Å²) < 4.78 is 16.6. The Hall–Kier alpha value is -3.39. The van der Waals surface area contributed by atoms with Gasteiger partial charge in [-0.3, -0.25) is 4.79 Å². The van der Waals surface area contributed by atoms with Gasteiger partial charge in [0.05, 0.1) is 22.6 Å². The third-order valence-electron chi connectivity index (χ3n) is 6.77. The zero-order valence-corrected chi connectivity index (χ0v) is 21.3. The molecule has 3 aromatic heterocycles. The average Bonchev–Trinajstić information content (AvgIpc) is 3.31. The molecule has 186 valence electrons. The van der Waals surface area contributed by atoms with Gasteiger partial charge in [0.15, 0.2) is 0 Å². The quantitative estimate of drug-likeness (QED) is 0.299. The fourth-order valence-corrected chi connectivity index (χ4v) is 4.94. The number of halogens is 2. The summed E-state index contributed by atoms with van der Waals surface area (Å²) >= 11 is 6.41. The maximum Gasteiger partial charge on any atom is 0.241 e. The van der Waals surface area contributed by atoms with E-state index in [-0.39, 0.29) is 23.4 Å². The van der Waals surface area contributed by atoms with Gasteiger partial charge >= 0.3 is 0 Å². The molecule has 1 fully saturated rings. The highest BCUT2D eigenvalue weighted by molar-refractivity contribution is 6.32. The molecule has 5 rings (SSSR count). The van der Waals surface area contributed by atoms with Gasteiger partial charge in [-0.1, -0.05) is 30.7 Å². The Labute approximate surface area is 214 Å². The van der Waals surface area contributed by atoms with Crippen molar-refractivity contribution in [1.29, 1.82) is 0 Å². The molecule has 0 bridgehead atoms. The van der Waals surface area contributed by atoms with E-state index in [1.807, 2.05) is 47.6 Å². The number of carbonyl (C=O) groups excluding carboxylic acids is 1. The predicted octanol–water partition coefficient (Wildman–Crippen LogP) is 6.01. The van der Waals surface area contributed by atoms with Crippen LogP contribution in [0, 0.1) is 11.9 Å². The minimum atomic E-state index is -0.661. The molecule has 0 saturated carbocycles.